The summed E-state index contributed by atoms with van der Waals surface area (Å²) in [5, 5.41) is 2.84. The summed E-state index contributed by atoms with van der Waals surface area (Å²) in [4.78, 5) is 32.2. The summed E-state index contributed by atoms with van der Waals surface area (Å²) in [6.45, 7) is 5.46. The molecule has 8 nitrogen and oxygen atoms in total. The van der Waals surface area contributed by atoms with Gasteiger partial charge in [-0.25, -0.2) is 4.99 Å². The summed E-state index contributed by atoms with van der Waals surface area (Å²) in [5.41, 5.74) is 7.19. The van der Waals surface area contributed by atoms with Crippen LogP contribution in [-0.4, -0.2) is 68.5 Å². The molecule has 1 heterocycles. The number of methoxy groups -OCH3 is 1. The van der Waals surface area contributed by atoms with E-state index in [0.717, 1.165) is 31.5 Å². The number of nitrogens with one attached hydrogen (secondary N) is 1. The van der Waals surface area contributed by atoms with E-state index in [1.165, 1.54) is 18.9 Å². The summed E-state index contributed by atoms with van der Waals surface area (Å²) in [6, 6.07) is 7.65. The number of ether oxygens (including phenoxy) is 1. The Bertz CT molecular complexity index is 758. The van der Waals surface area contributed by atoms with Gasteiger partial charge < -0.3 is 20.7 Å². The van der Waals surface area contributed by atoms with Crippen LogP contribution in [0.2, 0.25) is 0 Å². The van der Waals surface area contributed by atoms with E-state index < -0.39 is 5.54 Å². The van der Waals surface area contributed by atoms with Gasteiger partial charge >= 0.3 is 0 Å². The van der Waals surface area contributed by atoms with Crippen molar-refractivity contribution in [1.82, 2.24) is 9.80 Å². The second-order valence-corrected chi connectivity index (χ2v) is 7.84. The van der Waals surface area contributed by atoms with Crippen LogP contribution in [0.3, 0.4) is 0 Å². The molecule has 0 spiro atoms. The molecule has 0 bridgehead atoms. The van der Waals surface area contributed by atoms with Crippen LogP contribution in [0, 0.1) is 5.92 Å². The molecule has 29 heavy (non-hydrogen) atoms. The molecule has 3 N–H and O–H groups in total. The van der Waals surface area contributed by atoms with Gasteiger partial charge in [-0.3, -0.25) is 14.5 Å². The van der Waals surface area contributed by atoms with Gasteiger partial charge in [0.2, 0.25) is 11.8 Å². The Morgan fingerprint density at radius 1 is 1.38 bits per heavy atom. The topological polar surface area (TPSA) is 100 Å². The maximum absolute atomic E-state index is 11.9. The van der Waals surface area contributed by atoms with Crippen LogP contribution in [0.1, 0.15) is 32.3 Å². The largest absolute Gasteiger partial charge is 0.375 e. The Hall–Kier alpha value is -2.45. The Morgan fingerprint density at radius 2 is 2.03 bits per heavy atom. The molecule has 0 saturated carbocycles. The highest BCUT2D eigenvalue weighted by Gasteiger charge is 2.38. The van der Waals surface area contributed by atoms with E-state index in [1.807, 2.05) is 24.3 Å². The maximum atomic E-state index is 11.9. The number of aliphatic imine (C=N–C) groups is 1. The monoisotopic (exact) mass is 403 g/mol. The van der Waals surface area contributed by atoms with Gasteiger partial charge in [0.05, 0.1) is 5.54 Å². The Morgan fingerprint density at radius 3 is 2.62 bits per heavy atom. The van der Waals surface area contributed by atoms with E-state index in [9.17, 15) is 9.59 Å². The zero-order valence-corrected chi connectivity index (χ0v) is 18.1. The van der Waals surface area contributed by atoms with Crippen molar-refractivity contribution in [1.29, 1.82) is 0 Å². The number of carbonyl (C=O) groups excluding carboxylic acids is 2. The van der Waals surface area contributed by atoms with Crippen LogP contribution in [0.4, 0.5) is 5.69 Å². The number of nitrogens with two attached hydrogens (primary N) is 1. The number of piperidine rings is 1. The fourth-order valence-corrected chi connectivity index (χ4v) is 3.68. The second-order valence-electron chi connectivity index (χ2n) is 7.84. The van der Waals surface area contributed by atoms with Crippen LogP contribution in [0.25, 0.3) is 0 Å². The molecule has 1 aromatic carbocycles. The lowest BCUT2D eigenvalue weighted by Gasteiger charge is -2.40. The highest BCUT2D eigenvalue weighted by Crippen LogP contribution is 2.40. The number of guanidine groups is 1. The van der Waals surface area contributed by atoms with Crippen LogP contribution in [0.15, 0.2) is 29.3 Å². The van der Waals surface area contributed by atoms with E-state index in [1.54, 1.807) is 7.05 Å². The zero-order chi connectivity index (χ0) is 21.6. The molecule has 0 aliphatic carbocycles. The van der Waals surface area contributed by atoms with Crippen molar-refractivity contribution < 1.29 is 14.3 Å². The Kier molecular flexibility index (Phi) is 7.75. The molecule has 1 atom stereocenters. The minimum Gasteiger partial charge on any atom is -0.375 e. The van der Waals surface area contributed by atoms with Crippen molar-refractivity contribution in [2.45, 2.75) is 32.2 Å². The zero-order valence-electron chi connectivity index (χ0n) is 18.1. The molecule has 1 saturated heterocycles. The van der Waals surface area contributed by atoms with Gasteiger partial charge in [-0.2, -0.15) is 0 Å². The van der Waals surface area contributed by atoms with Gasteiger partial charge in [0.1, 0.15) is 6.61 Å². The van der Waals surface area contributed by atoms with Gasteiger partial charge in [0.25, 0.3) is 0 Å². The lowest BCUT2D eigenvalue weighted by Crippen LogP contribution is -2.44. The van der Waals surface area contributed by atoms with Crippen molar-refractivity contribution in [2.75, 3.05) is 46.2 Å². The third kappa shape index (κ3) is 5.77. The molecule has 0 radical (unpaired) electrons. The maximum Gasteiger partial charge on any atom is 0.250 e. The average molecular weight is 404 g/mol. The standard InChI is InChI=1S/C21H33N5O3/c1-15(27)26(4)20(22)24-21(2,16-9-11-25(3)12-10-16)17-7-6-8-18(13-17)23-19(28)14-29-5/h6-8,13,16H,9-12,14H2,1-5H3,(H2,22,24)(H,23,28). The molecule has 1 unspecified atom stereocenters. The molecule has 2 rings (SSSR count). The summed E-state index contributed by atoms with van der Waals surface area (Å²) >= 11 is 0. The molecule has 1 aromatic rings. The van der Waals surface area contributed by atoms with E-state index in [-0.39, 0.29) is 30.3 Å². The van der Waals surface area contributed by atoms with Gasteiger partial charge in [-0.05, 0) is 63.5 Å². The molecule has 2 amide bonds. The summed E-state index contributed by atoms with van der Waals surface area (Å²) in [5.74, 6) is 0.0535. The minimum absolute atomic E-state index is 0.00897. The number of amides is 2. The fraction of sp³-hybridized carbons (Fsp3) is 0.571. The normalized spacial score (nSPS) is 18.2. The predicted octanol–water partition coefficient (Wildman–Crippen LogP) is 1.62. The molecular weight excluding hydrogens is 370 g/mol. The number of benzene rings is 1. The lowest BCUT2D eigenvalue weighted by atomic mass is 9.75. The van der Waals surface area contributed by atoms with Crippen LogP contribution in [-0.2, 0) is 19.9 Å². The first-order chi connectivity index (χ1) is 13.7. The Labute approximate surface area is 173 Å². The summed E-state index contributed by atoms with van der Waals surface area (Å²) in [7, 11) is 5.22. The fourth-order valence-electron chi connectivity index (χ4n) is 3.68. The quantitative estimate of drug-likeness (QED) is 0.555. The third-order valence-corrected chi connectivity index (χ3v) is 5.68. The molecule has 160 valence electrons. The first-order valence-corrected chi connectivity index (χ1v) is 9.85. The van der Waals surface area contributed by atoms with Crippen molar-refractivity contribution in [3.8, 4) is 0 Å². The van der Waals surface area contributed by atoms with E-state index in [4.69, 9.17) is 15.5 Å². The highest BCUT2D eigenvalue weighted by atomic mass is 16.5. The number of hydrogen-bond acceptors (Lipinski definition) is 5. The second kappa shape index (κ2) is 9.84. The first-order valence-electron chi connectivity index (χ1n) is 9.85. The van der Waals surface area contributed by atoms with Crippen molar-refractivity contribution in [3.05, 3.63) is 29.8 Å². The van der Waals surface area contributed by atoms with Gasteiger partial charge in [0, 0.05) is 26.8 Å². The molecular formula is C21H33N5O3. The number of hydrogen-bond donors (Lipinski definition) is 2. The predicted molar refractivity (Wildman–Crippen MR) is 115 cm³/mol. The number of nitrogens with zero attached hydrogens (tertiary/aromatic N) is 3. The number of anilines is 1. The van der Waals surface area contributed by atoms with E-state index in [0.29, 0.717) is 5.69 Å². The van der Waals surface area contributed by atoms with Gasteiger partial charge in [-0.1, -0.05) is 12.1 Å². The molecule has 1 aliphatic heterocycles. The molecule has 8 heteroatoms. The SMILES string of the molecule is COCC(=O)Nc1cccc(C(C)(N=C(N)N(C)C(C)=O)C2CCN(C)CC2)c1. The lowest BCUT2D eigenvalue weighted by molar-refractivity contribution is -0.124. The van der Waals surface area contributed by atoms with E-state index in [2.05, 4.69) is 24.2 Å². The molecule has 1 fully saturated rings. The first kappa shape index (κ1) is 22.8. The smallest absolute Gasteiger partial charge is 0.250 e. The number of likely N-dealkylation sites (tertiary alicyclic amines) is 1. The van der Waals surface area contributed by atoms with Gasteiger partial charge in [-0.15, -0.1) is 0 Å². The third-order valence-electron chi connectivity index (χ3n) is 5.68. The van der Waals surface area contributed by atoms with Crippen LogP contribution < -0.4 is 11.1 Å². The average Bonchev–Trinajstić information content (AvgIpc) is 2.68. The van der Waals surface area contributed by atoms with Gasteiger partial charge in [0.15, 0.2) is 5.96 Å². The Balaban J connectivity index is 2.43. The highest BCUT2D eigenvalue weighted by molar-refractivity contribution is 5.95. The number of carbonyl (C=O) groups is 2. The van der Waals surface area contributed by atoms with Crippen molar-refractivity contribution >= 4 is 23.5 Å². The van der Waals surface area contributed by atoms with Crippen molar-refractivity contribution in [3.63, 3.8) is 0 Å². The molecule has 0 aromatic heterocycles. The minimum atomic E-state index is -0.628. The summed E-state index contributed by atoms with van der Waals surface area (Å²) in [6.07, 6.45) is 1.93. The number of rotatable bonds is 6. The van der Waals surface area contributed by atoms with Crippen LogP contribution in [0.5, 0.6) is 0 Å². The summed E-state index contributed by atoms with van der Waals surface area (Å²) < 4.78 is 4.89. The molecule has 1 aliphatic rings. The van der Waals surface area contributed by atoms with Crippen LogP contribution >= 0.6 is 0 Å². The van der Waals surface area contributed by atoms with Crippen molar-refractivity contribution in [2.24, 2.45) is 16.6 Å². The van der Waals surface area contributed by atoms with E-state index >= 15 is 0 Å².